The van der Waals surface area contributed by atoms with Crippen molar-refractivity contribution in [1.29, 1.82) is 0 Å². The summed E-state index contributed by atoms with van der Waals surface area (Å²) < 4.78 is 0. The van der Waals surface area contributed by atoms with Crippen LogP contribution in [-0.4, -0.2) is 58.2 Å². The number of carboxylic acids is 1. The number of benzene rings is 1. The number of aliphatic imine (C=N–C) groups is 2. The summed E-state index contributed by atoms with van der Waals surface area (Å²) in [6, 6.07) is 6.09. The van der Waals surface area contributed by atoms with E-state index < -0.39 is 17.3 Å². The predicted octanol–water partition coefficient (Wildman–Crippen LogP) is 3.73. The summed E-state index contributed by atoms with van der Waals surface area (Å²) in [5, 5.41) is 9.17. The third kappa shape index (κ3) is 5.70. The lowest BCUT2D eigenvalue weighted by Crippen LogP contribution is -2.42. The summed E-state index contributed by atoms with van der Waals surface area (Å²) in [6.07, 6.45) is 9.03. The van der Waals surface area contributed by atoms with E-state index in [1.165, 1.54) is 12.1 Å². The second-order valence-electron chi connectivity index (χ2n) is 10.0. The van der Waals surface area contributed by atoms with Crippen molar-refractivity contribution in [2.75, 3.05) is 13.1 Å². The van der Waals surface area contributed by atoms with Gasteiger partial charge in [0.15, 0.2) is 5.78 Å². The smallest absolute Gasteiger partial charge is 0.335 e. The van der Waals surface area contributed by atoms with E-state index in [0.29, 0.717) is 49.5 Å². The van der Waals surface area contributed by atoms with Gasteiger partial charge in [-0.05, 0) is 36.5 Å². The fraction of sp³-hybridized carbons (Fsp3) is 0.407. The van der Waals surface area contributed by atoms with Crippen molar-refractivity contribution in [2.24, 2.45) is 27.2 Å². The van der Waals surface area contributed by atoms with Crippen LogP contribution in [0, 0.1) is 17.3 Å². The summed E-state index contributed by atoms with van der Waals surface area (Å²) in [6.45, 7) is 4.88. The predicted molar refractivity (Wildman–Crippen MR) is 132 cm³/mol. The molecule has 0 spiro atoms. The van der Waals surface area contributed by atoms with Crippen LogP contribution in [0.4, 0.5) is 0 Å². The number of carbonyl (C=O) groups excluding carboxylic acids is 3. The fourth-order valence-electron chi connectivity index (χ4n) is 4.74. The number of allylic oxidation sites excluding steroid dienone is 3. The number of likely N-dealkylation sites (tertiary alicyclic amines) is 1. The highest BCUT2D eigenvalue weighted by Crippen LogP contribution is 2.30. The van der Waals surface area contributed by atoms with Gasteiger partial charge in [0.25, 0.3) is 5.91 Å². The molecule has 1 atom stereocenters. The first-order valence-corrected chi connectivity index (χ1v) is 11.8. The molecule has 0 radical (unpaired) electrons. The van der Waals surface area contributed by atoms with Crippen LogP contribution in [0.25, 0.3) is 0 Å². The molecule has 2 amide bonds. The molecule has 1 N–H and O–H groups in total. The average Bonchev–Trinajstić information content (AvgIpc) is 2.83. The molecule has 35 heavy (non-hydrogen) atoms. The van der Waals surface area contributed by atoms with Gasteiger partial charge in [0.1, 0.15) is 11.8 Å². The van der Waals surface area contributed by atoms with E-state index in [4.69, 9.17) is 5.11 Å². The second kappa shape index (κ2) is 9.90. The van der Waals surface area contributed by atoms with E-state index in [-0.39, 0.29) is 35.5 Å². The van der Waals surface area contributed by atoms with E-state index in [1.807, 2.05) is 32.1 Å². The van der Waals surface area contributed by atoms with Crippen molar-refractivity contribution < 1.29 is 24.3 Å². The van der Waals surface area contributed by atoms with Crippen LogP contribution in [0.3, 0.4) is 0 Å². The topological polar surface area (TPSA) is 116 Å². The van der Waals surface area contributed by atoms with Gasteiger partial charge in [0, 0.05) is 37.4 Å². The Hall–Kier alpha value is -3.68. The van der Waals surface area contributed by atoms with Crippen LogP contribution in [0.2, 0.25) is 0 Å². The molecule has 2 aliphatic heterocycles. The van der Waals surface area contributed by atoms with E-state index in [2.05, 4.69) is 9.98 Å². The summed E-state index contributed by atoms with van der Waals surface area (Å²) in [7, 11) is 0. The SMILES string of the molecule is CC(C)(CC(=O)N1CCC(C(=O)c2cccc(C(=O)O)c2)CC1)CC1=NC(=O)C2C=CC=CC2=N1. The van der Waals surface area contributed by atoms with Crippen LogP contribution in [0.15, 0.2) is 58.6 Å². The lowest BCUT2D eigenvalue weighted by Gasteiger charge is -2.34. The molecule has 1 aromatic carbocycles. The standard InChI is InChI=1S/C27H29N3O5/c1-27(2,15-22-28-21-9-4-3-8-20(21)25(33)29-22)16-23(31)30-12-10-17(11-13-30)24(32)18-6-5-7-19(14-18)26(34)35/h3-9,14,17,20H,10-13,15-16H2,1-2H3,(H,34,35). The summed E-state index contributed by atoms with van der Waals surface area (Å²) in [5.41, 5.74) is 0.730. The molecule has 3 aliphatic rings. The maximum Gasteiger partial charge on any atom is 0.335 e. The number of amides is 2. The minimum atomic E-state index is -1.07. The Morgan fingerprint density at radius 1 is 1.09 bits per heavy atom. The van der Waals surface area contributed by atoms with Gasteiger partial charge in [-0.25, -0.2) is 9.79 Å². The molecule has 182 valence electrons. The first-order valence-electron chi connectivity index (χ1n) is 11.8. The lowest BCUT2D eigenvalue weighted by atomic mass is 9.83. The first kappa shape index (κ1) is 24.4. The zero-order chi connectivity index (χ0) is 25.2. The van der Waals surface area contributed by atoms with Gasteiger partial charge >= 0.3 is 5.97 Å². The Bertz CT molecular complexity index is 1180. The van der Waals surface area contributed by atoms with Gasteiger partial charge in [0.2, 0.25) is 5.91 Å². The summed E-state index contributed by atoms with van der Waals surface area (Å²) >= 11 is 0. The minimum absolute atomic E-state index is 0.00235. The van der Waals surface area contributed by atoms with Crippen molar-refractivity contribution in [2.45, 2.75) is 39.5 Å². The number of amidine groups is 1. The number of piperidine rings is 1. The third-order valence-electron chi connectivity index (χ3n) is 6.64. The van der Waals surface area contributed by atoms with Crippen LogP contribution in [0.1, 0.15) is 60.2 Å². The maximum absolute atomic E-state index is 13.0. The molecule has 8 heteroatoms. The Balaban J connectivity index is 1.32. The van der Waals surface area contributed by atoms with Crippen LogP contribution in [-0.2, 0) is 9.59 Å². The Morgan fingerprint density at radius 2 is 1.80 bits per heavy atom. The molecule has 8 nitrogen and oxygen atoms in total. The molecule has 1 unspecified atom stereocenters. The van der Waals surface area contributed by atoms with E-state index in [0.717, 1.165) is 0 Å². The van der Waals surface area contributed by atoms with Crippen molar-refractivity contribution in [3.8, 4) is 0 Å². The van der Waals surface area contributed by atoms with Crippen molar-refractivity contribution >= 4 is 35.1 Å². The summed E-state index contributed by atoms with van der Waals surface area (Å²) in [4.78, 5) is 59.9. The number of rotatable bonds is 7. The molecule has 0 bridgehead atoms. The molecule has 1 aliphatic carbocycles. The zero-order valence-electron chi connectivity index (χ0n) is 19.9. The molecule has 1 fully saturated rings. The monoisotopic (exact) mass is 475 g/mol. The number of nitrogens with zero attached hydrogens (tertiary/aromatic N) is 3. The number of carbonyl (C=O) groups is 4. The van der Waals surface area contributed by atoms with E-state index in [1.54, 1.807) is 23.1 Å². The molecule has 1 aromatic rings. The molecule has 0 saturated carbocycles. The van der Waals surface area contributed by atoms with Gasteiger partial charge in [-0.3, -0.25) is 14.4 Å². The molecular formula is C27H29N3O5. The highest BCUT2D eigenvalue weighted by molar-refractivity contribution is 6.21. The molecule has 2 heterocycles. The maximum atomic E-state index is 13.0. The van der Waals surface area contributed by atoms with E-state index >= 15 is 0 Å². The second-order valence-corrected chi connectivity index (χ2v) is 10.0. The van der Waals surface area contributed by atoms with Gasteiger partial charge in [-0.1, -0.05) is 44.2 Å². The Kier molecular flexibility index (Phi) is 6.91. The summed E-state index contributed by atoms with van der Waals surface area (Å²) in [5.74, 6) is -1.57. The number of hydrogen-bond donors (Lipinski definition) is 1. The molecule has 1 saturated heterocycles. The molecular weight excluding hydrogens is 446 g/mol. The van der Waals surface area contributed by atoms with Gasteiger partial charge in [0.05, 0.1) is 11.3 Å². The number of hydrogen-bond acceptors (Lipinski definition) is 5. The zero-order valence-corrected chi connectivity index (χ0v) is 19.9. The van der Waals surface area contributed by atoms with Crippen LogP contribution < -0.4 is 0 Å². The third-order valence-corrected chi connectivity index (χ3v) is 6.64. The quantitative estimate of drug-likeness (QED) is 0.603. The Labute approximate surface area is 204 Å². The van der Waals surface area contributed by atoms with Crippen molar-refractivity contribution in [3.63, 3.8) is 0 Å². The number of carboxylic acid groups (broad SMARTS) is 1. The van der Waals surface area contributed by atoms with Gasteiger partial charge in [-0.2, -0.15) is 4.99 Å². The van der Waals surface area contributed by atoms with Gasteiger partial charge < -0.3 is 10.0 Å². The fourth-order valence-corrected chi connectivity index (χ4v) is 4.74. The minimum Gasteiger partial charge on any atom is -0.478 e. The normalized spacial score (nSPS) is 20.2. The highest BCUT2D eigenvalue weighted by atomic mass is 16.4. The molecule has 4 rings (SSSR count). The number of aromatic carboxylic acids is 1. The number of fused-ring (bicyclic) bond motifs is 1. The van der Waals surface area contributed by atoms with Gasteiger partial charge in [-0.15, -0.1) is 0 Å². The number of ketones is 1. The Morgan fingerprint density at radius 3 is 2.51 bits per heavy atom. The first-order chi connectivity index (χ1) is 16.6. The van der Waals surface area contributed by atoms with Crippen molar-refractivity contribution in [3.05, 3.63) is 59.7 Å². The van der Waals surface area contributed by atoms with Crippen molar-refractivity contribution in [1.82, 2.24) is 4.90 Å². The number of Topliss-reactive ketones (excluding diaryl/α,β-unsaturated/α-hetero) is 1. The molecule has 0 aromatic heterocycles. The highest BCUT2D eigenvalue weighted by Gasteiger charge is 2.33. The lowest BCUT2D eigenvalue weighted by molar-refractivity contribution is -0.134. The van der Waals surface area contributed by atoms with Crippen LogP contribution >= 0.6 is 0 Å². The average molecular weight is 476 g/mol. The van der Waals surface area contributed by atoms with Crippen LogP contribution in [0.5, 0.6) is 0 Å². The largest absolute Gasteiger partial charge is 0.478 e. The van der Waals surface area contributed by atoms with E-state index in [9.17, 15) is 19.2 Å².